The number of nitrogens with one attached hydrogen (secondary N) is 1. The highest BCUT2D eigenvalue weighted by molar-refractivity contribution is 5.24. The molecule has 0 amide bonds. The van der Waals surface area contributed by atoms with E-state index < -0.39 is 0 Å². The summed E-state index contributed by atoms with van der Waals surface area (Å²) in [5, 5.41) is 0. The fourth-order valence-corrected chi connectivity index (χ4v) is 1.57. The van der Waals surface area contributed by atoms with E-state index in [-0.39, 0.29) is 11.0 Å². The number of hydrogen-bond donors (Lipinski definition) is 2. The lowest BCUT2D eigenvalue weighted by atomic mass is 10.1. The van der Waals surface area contributed by atoms with E-state index in [4.69, 9.17) is 5.73 Å². The summed E-state index contributed by atoms with van der Waals surface area (Å²) in [4.78, 5) is 7.22. The van der Waals surface area contributed by atoms with Crippen LogP contribution in [-0.2, 0) is 5.54 Å². The minimum Gasteiger partial charge on any atom is -0.347 e. The quantitative estimate of drug-likeness (QED) is 0.629. The Morgan fingerprint density at radius 2 is 2.27 bits per heavy atom. The molecule has 2 rings (SSSR count). The van der Waals surface area contributed by atoms with Crippen molar-refractivity contribution in [3.8, 4) is 0 Å². The van der Waals surface area contributed by atoms with Crippen LogP contribution >= 0.6 is 0 Å². The summed E-state index contributed by atoms with van der Waals surface area (Å²) < 4.78 is 0. The Bertz CT molecular complexity index is 263. The average Bonchev–Trinajstić information content (AvgIpc) is 2.36. The SMILES string of the molecule is CC1(C)CC1(N)c1ncc[nH]1. The molecule has 3 heteroatoms. The number of H-pyrrole nitrogens is 1. The van der Waals surface area contributed by atoms with Crippen LogP contribution in [0.25, 0.3) is 0 Å². The number of aromatic nitrogens is 2. The molecule has 0 saturated heterocycles. The van der Waals surface area contributed by atoms with Gasteiger partial charge in [0.2, 0.25) is 0 Å². The lowest BCUT2D eigenvalue weighted by molar-refractivity contribution is 0.491. The first kappa shape index (κ1) is 6.85. The van der Waals surface area contributed by atoms with Gasteiger partial charge < -0.3 is 10.7 Å². The zero-order chi connectivity index (χ0) is 8.11. The van der Waals surface area contributed by atoms with Crippen molar-refractivity contribution in [2.75, 3.05) is 0 Å². The topological polar surface area (TPSA) is 54.7 Å². The summed E-state index contributed by atoms with van der Waals surface area (Å²) in [5.41, 5.74) is 6.11. The molecule has 1 fully saturated rings. The van der Waals surface area contributed by atoms with E-state index in [1.54, 1.807) is 6.20 Å². The normalized spacial score (nSPS) is 33.7. The predicted octanol–water partition coefficient (Wildman–Crippen LogP) is 0.994. The number of hydrogen-bond acceptors (Lipinski definition) is 2. The van der Waals surface area contributed by atoms with Gasteiger partial charge in [0.15, 0.2) is 0 Å². The first-order valence-corrected chi connectivity index (χ1v) is 3.85. The van der Waals surface area contributed by atoms with Gasteiger partial charge in [0.1, 0.15) is 5.82 Å². The third-order valence-electron chi connectivity index (χ3n) is 2.72. The van der Waals surface area contributed by atoms with Crippen LogP contribution < -0.4 is 5.73 Å². The van der Waals surface area contributed by atoms with Crippen LogP contribution in [-0.4, -0.2) is 9.97 Å². The van der Waals surface area contributed by atoms with Gasteiger partial charge in [0.25, 0.3) is 0 Å². The van der Waals surface area contributed by atoms with Crippen LogP contribution in [0.3, 0.4) is 0 Å². The Morgan fingerprint density at radius 1 is 1.64 bits per heavy atom. The standard InChI is InChI=1S/C8H13N3/c1-7(2)5-8(7,9)6-10-3-4-11-6/h3-4H,5,9H2,1-2H3,(H,10,11). The highest BCUT2D eigenvalue weighted by Crippen LogP contribution is 2.59. The van der Waals surface area contributed by atoms with Crippen molar-refractivity contribution in [1.82, 2.24) is 9.97 Å². The van der Waals surface area contributed by atoms with E-state index >= 15 is 0 Å². The second kappa shape index (κ2) is 1.67. The van der Waals surface area contributed by atoms with Gasteiger partial charge in [0, 0.05) is 12.4 Å². The molecule has 11 heavy (non-hydrogen) atoms. The third-order valence-corrected chi connectivity index (χ3v) is 2.72. The Morgan fingerprint density at radius 3 is 2.64 bits per heavy atom. The fourth-order valence-electron chi connectivity index (χ4n) is 1.57. The van der Waals surface area contributed by atoms with Crippen molar-refractivity contribution in [2.24, 2.45) is 11.1 Å². The summed E-state index contributed by atoms with van der Waals surface area (Å²) in [7, 11) is 0. The average molecular weight is 151 g/mol. The largest absolute Gasteiger partial charge is 0.347 e. The Balaban J connectivity index is 2.33. The first-order chi connectivity index (χ1) is 5.06. The molecule has 1 aliphatic carbocycles. The highest BCUT2D eigenvalue weighted by atomic mass is 15.0. The molecule has 1 unspecified atom stereocenters. The molecule has 0 bridgehead atoms. The lowest BCUT2D eigenvalue weighted by Crippen LogP contribution is -2.26. The molecule has 0 radical (unpaired) electrons. The van der Waals surface area contributed by atoms with E-state index in [1.165, 1.54) is 0 Å². The van der Waals surface area contributed by atoms with Gasteiger partial charge in [-0.3, -0.25) is 0 Å². The van der Waals surface area contributed by atoms with Crippen LogP contribution in [0.1, 0.15) is 26.1 Å². The minimum atomic E-state index is -0.198. The number of aromatic amines is 1. The van der Waals surface area contributed by atoms with Crippen molar-refractivity contribution >= 4 is 0 Å². The maximum Gasteiger partial charge on any atom is 0.126 e. The monoisotopic (exact) mass is 151 g/mol. The van der Waals surface area contributed by atoms with E-state index in [0.29, 0.717) is 0 Å². The minimum absolute atomic E-state index is 0.198. The van der Waals surface area contributed by atoms with Gasteiger partial charge in [-0.2, -0.15) is 0 Å². The van der Waals surface area contributed by atoms with Crippen LogP contribution in [0.2, 0.25) is 0 Å². The molecule has 0 spiro atoms. The molecule has 0 aromatic carbocycles. The van der Waals surface area contributed by atoms with Crippen LogP contribution in [0.15, 0.2) is 12.4 Å². The van der Waals surface area contributed by atoms with Gasteiger partial charge in [-0.05, 0) is 11.8 Å². The smallest absolute Gasteiger partial charge is 0.126 e. The van der Waals surface area contributed by atoms with Crippen molar-refractivity contribution in [1.29, 1.82) is 0 Å². The lowest BCUT2D eigenvalue weighted by Gasteiger charge is -2.10. The maximum atomic E-state index is 6.10. The highest BCUT2D eigenvalue weighted by Gasteiger charge is 2.61. The van der Waals surface area contributed by atoms with Gasteiger partial charge in [-0.25, -0.2) is 4.98 Å². The van der Waals surface area contributed by atoms with Crippen molar-refractivity contribution in [3.63, 3.8) is 0 Å². The predicted molar refractivity (Wildman–Crippen MR) is 42.9 cm³/mol. The Hall–Kier alpha value is -0.830. The summed E-state index contributed by atoms with van der Waals surface area (Å²) in [6, 6.07) is 0. The number of nitrogens with two attached hydrogens (primary N) is 1. The molecule has 60 valence electrons. The number of nitrogens with zero attached hydrogens (tertiary/aromatic N) is 1. The molecule has 3 N–H and O–H groups in total. The molecule has 1 saturated carbocycles. The zero-order valence-electron chi connectivity index (χ0n) is 6.89. The molecule has 0 aliphatic heterocycles. The maximum absolute atomic E-state index is 6.10. The summed E-state index contributed by atoms with van der Waals surface area (Å²) >= 11 is 0. The molecular weight excluding hydrogens is 138 g/mol. The van der Waals surface area contributed by atoms with Crippen LogP contribution in [0.5, 0.6) is 0 Å². The molecule has 1 atom stereocenters. The van der Waals surface area contributed by atoms with Crippen molar-refractivity contribution in [3.05, 3.63) is 18.2 Å². The molecule has 1 aliphatic rings. The number of imidazole rings is 1. The van der Waals surface area contributed by atoms with Crippen LogP contribution in [0, 0.1) is 5.41 Å². The molecule has 1 heterocycles. The second-order valence-electron chi connectivity index (χ2n) is 3.97. The third kappa shape index (κ3) is 0.744. The van der Waals surface area contributed by atoms with E-state index in [9.17, 15) is 0 Å². The van der Waals surface area contributed by atoms with Gasteiger partial charge in [0.05, 0.1) is 5.54 Å². The molecular formula is C8H13N3. The van der Waals surface area contributed by atoms with E-state index in [0.717, 1.165) is 12.2 Å². The van der Waals surface area contributed by atoms with Crippen molar-refractivity contribution < 1.29 is 0 Å². The second-order valence-corrected chi connectivity index (χ2v) is 3.97. The van der Waals surface area contributed by atoms with Gasteiger partial charge >= 0.3 is 0 Å². The van der Waals surface area contributed by atoms with E-state index in [2.05, 4.69) is 23.8 Å². The summed E-state index contributed by atoms with van der Waals surface area (Å²) in [6.07, 6.45) is 4.59. The van der Waals surface area contributed by atoms with E-state index in [1.807, 2.05) is 6.20 Å². The Labute approximate surface area is 66.0 Å². The summed E-state index contributed by atoms with van der Waals surface area (Å²) in [6.45, 7) is 4.32. The zero-order valence-corrected chi connectivity index (χ0v) is 6.89. The molecule has 3 nitrogen and oxygen atoms in total. The fraction of sp³-hybridized carbons (Fsp3) is 0.625. The number of rotatable bonds is 1. The summed E-state index contributed by atoms with van der Waals surface area (Å²) in [5.74, 6) is 0.919. The van der Waals surface area contributed by atoms with Crippen molar-refractivity contribution in [2.45, 2.75) is 25.8 Å². The van der Waals surface area contributed by atoms with Gasteiger partial charge in [-0.1, -0.05) is 13.8 Å². The Kier molecular flexibility index (Phi) is 1.04. The molecule has 1 aromatic heterocycles. The van der Waals surface area contributed by atoms with Gasteiger partial charge in [-0.15, -0.1) is 0 Å². The van der Waals surface area contributed by atoms with Crippen LogP contribution in [0.4, 0.5) is 0 Å². The first-order valence-electron chi connectivity index (χ1n) is 3.85. The molecule has 1 aromatic rings.